The Kier molecular flexibility index (Phi) is 5.81. The molecule has 3 aromatic rings. The van der Waals surface area contributed by atoms with Crippen molar-refractivity contribution in [2.75, 3.05) is 24.5 Å². The van der Waals surface area contributed by atoms with Crippen LogP contribution in [-0.4, -0.2) is 35.3 Å². The van der Waals surface area contributed by atoms with Gasteiger partial charge in [0, 0.05) is 5.56 Å². The zero-order valence-corrected chi connectivity index (χ0v) is 16.6. The number of rotatable bonds is 7. The predicted octanol–water partition coefficient (Wildman–Crippen LogP) is 4.00. The molecule has 0 saturated carbocycles. The van der Waals surface area contributed by atoms with Crippen molar-refractivity contribution < 1.29 is 19.0 Å². The standard InChI is InChI=1S/C21H19N3O4S/c1-2-26-17-6-4-3-5-16(17)22-20(25)12-29-21-10-8-15(23-24-21)14-7-9-18-19(11-14)28-13-27-18/h3-11H,2,12-13H2,1H3,(H,22,25). The zero-order valence-electron chi connectivity index (χ0n) is 15.8. The van der Waals surface area contributed by atoms with Crippen LogP contribution in [0.1, 0.15) is 6.92 Å². The van der Waals surface area contributed by atoms with E-state index in [9.17, 15) is 4.79 Å². The summed E-state index contributed by atoms with van der Waals surface area (Å²) in [6.45, 7) is 2.67. The minimum Gasteiger partial charge on any atom is -0.492 e. The van der Waals surface area contributed by atoms with Crippen LogP contribution >= 0.6 is 11.8 Å². The number of benzene rings is 2. The van der Waals surface area contributed by atoms with Crippen molar-refractivity contribution in [3.05, 3.63) is 54.6 Å². The summed E-state index contributed by atoms with van der Waals surface area (Å²) in [4.78, 5) is 12.3. The number of fused-ring (bicyclic) bond motifs is 1. The topological polar surface area (TPSA) is 82.6 Å². The number of anilines is 1. The molecule has 1 N–H and O–H groups in total. The van der Waals surface area contributed by atoms with Crippen molar-refractivity contribution in [2.45, 2.75) is 11.9 Å². The third-order valence-electron chi connectivity index (χ3n) is 4.12. The minimum absolute atomic E-state index is 0.135. The van der Waals surface area contributed by atoms with Gasteiger partial charge in [-0.2, -0.15) is 0 Å². The highest BCUT2D eigenvalue weighted by Gasteiger charge is 2.15. The molecule has 1 aliphatic heterocycles. The molecule has 2 aromatic carbocycles. The molecule has 0 unspecified atom stereocenters. The van der Waals surface area contributed by atoms with Crippen LogP contribution in [0.4, 0.5) is 5.69 Å². The summed E-state index contributed by atoms with van der Waals surface area (Å²) in [6.07, 6.45) is 0. The first kappa shape index (κ1) is 19.1. The molecule has 8 heteroatoms. The van der Waals surface area contributed by atoms with Crippen LogP contribution in [-0.2, 0) is 4.79 Å². The highest BCUT2D eigenvalue weighted by atomic mass is 32.2. The summed E-state index contributed by atoms with van der Waals surface area (Å²) in [5, 5.41) is 12.0. The van der Waals surface area contributed by atoms with Gasteiger partial charge in [0.25, 0.3) is 0 Å². The number of aromatic nitrogens is 2. The number of para-hydroxylation sites is 2. The van der Waals surface area contributed by atoms with Gasteiger partial charge in [0.1, 0.15) is 10.8 Å². The fourth-order valence-corrected chi connectivity index (χ4v) is 3.40. The van der Waals surface area contributed by atoms with E-state index in [1.165, 1.54) is 11.8 Å². The van der Waals surface area contributed by atoms with E-state index >= 15 is 0 Å². The van der Waals surface area contributed by atoms with Crippen LogP contribution in [0.3, 0.4) is 0 Å². The molecule has 7 nitrogen and oxygen atoms in total. The average molecular weight is 409 g/mol. The lowest BCUT2D eigenvalue weighted by atomic mass is 10.1. The molecule has 2 heterocycles. The number of amides is 1. The molecule has 1 amide bonds. The Morgan fingerprint density at radius 2 is 1.97 bits per heavy atom. The zero-order chi connectivity index (χ0) is 20.1. The molecule has 148 valence electrons. The first-order valence-corrected chi connectivity index (χ1v) is 10.1. The van der Waals surface area contributed by atoms with Crippen molar-refractivity contribution in [3.63, 3.8) is 0 Å². The maximum absolute atomic E-state index is 12.3. The van der Waals surface area contributed by atoms with E-state index in [4.69, 9.17) is 14.2 Å². The number of hydrogen-bond acceptors (Lipinski definition) is 7. The van der Waals surface area contributed by atoms with Gasteiger partial charge in [-0.15, -0.1) is 10.2 Å². The first-order chi connectivity index (χ1) is 14.2. The van der Waals surface area contributed by atoms with Crippen LogP contribution < -0.4 is 19.5 Å². The van der Waals surface area contributed by atoms with Crippen LogP contribution in [0.15, 0.2) is 59.6 Å². The highest BCUT2D eigenvalue weighted by Crippen LogP contribution is 2.35. The van der Waals surface area contributed by atoms with Crippen molar-refractivity contribution in [1.29, 1.82) is 0 Å². The smallest absolute Gasteiger partial charge is 0.234 e. The van der Waals surface area contributed by atoms with E-state index in [0.717, 1.165) is 17.0 Å². The summed E-state index contributed by atoms with van der Waals surface area (Å²) in [5.74, 6) is 2.17. The van der Waals surface area contributed by atoms with Gasteiger partial charge in [-0.3, -0.25) is 4.79 Å². The molecule has 4 rings (SSSR count). The lowest BCUT2D eigenvalue weighted by Crippen LogP contribution is -2.15. The molecule has 0 aliphatic carbocycles. The van der Waals surface area contributed by atoms with Gasteiger partial charge < -0.3 is 19.5 Å². The van der Waals surface area contributed by atoms with Crippen molar-refractivity contribution in [2.24, 2.45) is 0 Å². The SMILES string of the molecule is CCOc1ccccc1NC(=O)CSc1ccc(-c2ccc3c(c2)OCO3)nn1. The quantitative estimate of drug-likeness (QED) is 0.591. The Morgan fingerprint density at radius 1 is 1.10 bits per heavy atom. The van der Waals surface area contributed by atoms with Gasteiger partial charge in [-0.25, -0.2) is 0 Å². The second-order valence-corrected chi connectivity index (χ2v) is 7.09. The molecule has 0 spiro atoms. The van der Waals surface area contributed by atoms with Crippen LogP contribution in [0.25, 0.3) is 11.3 Å². The van der Waals surface area contributed by atoms with E-state index in [-0.39, 0.29) is 18.5 Å². The largest absolute Gasteiger partial charge is 0.492 e. The van der Waals surface area contributed by atoms with Crippen LogP contribution in [0.5, 0.6) is 17.2 Å². The Balaban J connectivity index is 1.35. The number of thioether (sulfide) groups is 1. The highest BCUT2D eigenvalue weighted by molar-refractivity contribution is 7.99. The van der Waals surface area contributed by atoms with Gasteiger partial charge in [0.05, 0.1) is 23.7 Å². The van der Waals surface area contributed by atoms with E-state index in [0.29, 0.717) is 28.8 Å². The lowest BCUT2D eigenvalue weighted by Gasteiger charge is -2.11. The van der Waals surface area contributed by atoms with Crippen LogP contribution in [0.2, 0.25) is 0 Å². The summed E-state index contributed by atoms with van der Waals surface area (Å²) < 4.78 is 16.2. The fraction of sp³-hybridized carbons (Fsp3) is 0.190. The maximum Gasteiger partial charge on any atom is 0.234 e. The second-order valence-electron chi connectivity index (χ2n) is 6.09. The lowest BCUT2D eigenvalue weighted by molar-refractivity contribution is -0.113. The van der Waals surface area contributed by atoms with E-state index < -0.39 is 0 Å². The summed E-state index contributed by atoms with van der Waals surface area (Å²) in [7, 11) is 0. The number of carbonyl (C=O) groups is 1. The summed E-state index contributed by atoms with van der Waals surface area (Å²) in [6, 6.07) is 16.7. The summed E-state index contributed by atoms with van der Waals surface area (Å²) >= 11 is 1.32. The minimum atomic E-state index is -0.135. The van der Waals surface area contributed by atoms with Crippen molar-refractivity contribution >= 4 is 23.4 Å². The molecule has 0 saturated heterocycles. The molecule has 0 bridgehead atoms. The Bertz CT molecular complexity index is 1010. The molecule has 1 aliphatic rings. The number of nitrogens with zero attached hydrogens (tertiary/aromatic N) is 2. The molecular formula is C21H19N3O4S. The van der Waals surface area contributed by atoms with Gasteiger partial charge >= 0.3 is 0 Å². The molecular weight excluding hydrogens is 390 g/mol. The summed E-state index contributed by atoms with van der Waals surface area (Å²) in [5.41, 5.74) is 2.27. The molecule has 1 aromatic heterocycles. The average Bonchev–Trinajstić information content (AvgIpc) is 3.22. The molecule has 0 fully saturated rings. The van der Waals surface area contributed by atoms with Crippen molar-refractivity contribution in [3.8, 4) is 28.5 Å². The fourth-order valence-electron chi connectivity index (χ4n) is 2.78. The first-order valence-electron chi connectivity index (χ1n) is 9.11. The maximum atomic E-state index is 12.3. The van der Waals surface area contributed by atoms with Gasteiger partial charge in [0.15, 0.2) is 11.5 Å². The number of nitrogens with one attached hydrogen (secondary N) is 1. The van der Waals surface area contributed by atoms with E-state index in [1.807, 2.05) is 61.5 Å². The van der Waals surface area contributed by atoms with Crippen molar-refractivity contribution in [1.82, 2.24) is 10.2 Å². The van der Waals surface area contributed by atoms with Crippen LogP contribution in [0, 0.1) is 0 Å². The predicted molar refractivity (Wildman–Crippen MR) is 111 cm³/mol. The Hall–Kier alpha value is -3.26. The number of hydrogen-bond donors (Lipinski definition) is 1. The normalized spacial score (nSPS) is 11.9. The van der Waals surface area contributed by atoms with Gasteiger partial charge in [-0.05, 0) is 49.4 Å². The monoisotopic (exact) mass is 409 g/mol. The Morgan fingerprint density at radius 3 is 2.79 bits per heavy atom. The third-order valence-corrected chi connectivity index (χ3v) is 5.04. The van der Waals surface area contributed by atoms with E-state index in [2.05, 4.69) is 15.5 Å². The number of carbonyl (C=O) groups excluding carboxylic acids is 1. The molecule has 29 heavy (non-hydrogen) atoms. The van der Waals surface area contributed by atoms with Gasteiger partial charge in [0.2, 0.25) is 12.7 Å². The molecule has 0 radical (unpaired) electrons. The number of ether oxygens (including phenoxy) is 3. The second kappa shape index (κ2) is 8.83. The van der Waals surface area contributed by atoms with E-state index in [1.54, 1.807) is 0 Å². The van der Waals surface area contributed by atoms with Gasteiger partial charge in [-0.1, -0.05) is 23.9 Å². The third kappa shape index (κ3) is 4.60. The Labute approximate surface area is 172 Å². The molecule has 0 atom stereocenters.